The average Bonchev–Trinajstić information content (AvgIpc) is 2.68. The number of carboxylic acid groups (broad SMARTS) is 4. The summed E-state index contributed by atoms with van der Waals surface area (Å²) in [7, 11) is 0. The first-order chi connectivity index (χ1) is 14.4. The highest BCUT2D eigenvalue weighted by Gasteiger charge is 2.28. The predicted molar refractivity (Wildman–Crippen MR) is 110 cm³/mol. The Labute approximate surface area is 181 Å². The summed E-state index contributed by atoms with van der Waals surface area (Å²) in [5.41, 5.74) is 0. The second-order valence-electron chi connectivity index (χ2n) is 7.82. The molecule has 0 amide bonds. The Morgan fingerprint density at radius 3 is 1.06 bits per heavy atom. The highest BCUT2D eigenvalue weighted by Crippen LogP contribution is 2.09. The Morgan fingerprint density at radius 2 is 0.839 bits per heavy atom. The van der Waals surface area contributed by atoms with E-state index in [1.165, 1.54) is 13.8 Å². The van der Waals surface area contributed by atoms with Crippen molar-refractivity contribution in [2.45, 2.75) is 38.9 Å². The van der Waals surface area contributed by atoms with E-state index in [0.717, 1.165) is 0 Å². The first-order valence-corrected chi connectivity index (χ1v) is 10.3. The van der Waals surface area contributed by atoms with Crippen LogP contribution in [0.15, 0.2) is 0 Å². The zero-order valence-electron chi connectivity index (χ0n) is 18.3. The zero-order valence-corrected chi connectivity index (χ0v) is 18.3. The minimum Gasteiger partial charge on any atom is -0.480 e. The van der Waals surface area contributed by atoms with Gasteiger partial charge in [-0.3, -0.25) is 38.8 Å². The zero-order chi connectivity index (χ0) is 23.7. The van der Waals surface area contributed by atoms with Crippen LogP contribution in [0.1, 0.15) is 20.8 Å². The summed E-state index contributed by atoms with van der Waals surface area (Å²) in [6.07, 6.45) is 0. The molecule has 0 aromatic carbocycles. The van der Waals surface area contributed by atoms with Gasteiger partial charge in [0.15, 0.2) is 0 Å². The van der Waals surface area contributed by atoms with E-state index in [0.29, 0.717) is 0 Å². The lowest BCUT2D eigenvalue weighted by Crippen LogP contribution is -2.53. The van der Waals surface area contributed by atoms with Crippen molar-refractivity contribution in [3.8, 4) is 0 Å². The van der Waals surface area contributed by atoms with E-state index in [-0.39, 0.29) is 58.9 Å². The summed E-state index contributed by atoms with van der Waals surface area (Å²) in [5.74, 6) is -4.08. The molecule has 0 aromatic rings. The van der Waals surface area contributed by atoms with Crippen LogP contribution in [-0.2, 0) is 19.2 Å². The first kappa shape index (κ1) is 26.8. The van der Waals surface area contributed by atoms with Gasteiger partial charge in [-0.1, -0.05) is 0 Å². The molecule has 3 unspecified atom stereocenters. The van der Waals surface area contributed by atoms with E-state index in [1.54, 1.807) is 26.5 Å². The molecule has 1 rings (SSSR count). The van der Waals surface area contributed by atoms with Crippen LogP contribution in [0.2, 0.25) is 0 Å². The minimum absolute atomic E-state index is 0.243. The average molecular weight is 447 g/mol. The van der Waals surface area contributed by atoms with Gasteiger partial charge in [0.25, 0.3) is 0 Å². The van der Waals surface area contributed by atoms with Crippen LogP contribution in [0, 0.1) is 0 Å². The number of aliphatic carboxylic acids is 4. The quantitative estimate of drug-likeness (QED) is 0.349. The van der Waals surface area contributed by atoms with Gasteiger partial charge in [-0.15, -0.1) is 0 Å². The molecule has 1 aliphatic rings. The summed E-state index contributed by atoms with van der Waals surface area (Å²) in [4.78, 5) is 52.6. The lowest BCUT2D eigenvalue weighted by Gasteiger charge is -2.37. The van der Waals surface area contributed by atoms with Gasteiger partial charge in [-0.05, 0) is 20.8 Å². The third kappa shape index (κ3) is 8.77. The summed E-state index contributed by atoms with van der Waals surface area (Å²) in [5, 5.41) is 37.5. The number of hydrogen-bond acceptors (Lipinski definition) is 8. The van der Waals surface area contributed by atoms with Crippen molar-refractivity contribution in [2.24, 2.45) is 0 Å². The van der Waals surface area contributed by atoms with Gasteiger partial charge in [-0.25, -0.2) is 0 Å². The van der Waals surface area contributed by atoms with Crippen molar-refractivity contribution in [1.29, 1.82) is 0 Å². The number of nitrogens with zero attached hydrogens (tertiary/aromatic N) is 4. The van der Waals surface area contributed by atoms with Crippen molar-refractivity contribution in [3.05, 3.63) is 0 Å². The van der Waals surface area contributed by atoms with E-state index < -0.39 is 42.0 Å². The van der Waals surface area contributed by atoms with Gasteiger partial charge in [0.2, 0.25) is 0 Å². The fourth-order valence-corrected chi connectivity index (χ4v) is 3.48. The molecular formula is C19H34N4O8. The van der Waals surface area contributed by atoms with Crippen LogP contribution in [0.25, 0.3) is 0 Å². The molecule has 1 aliphatic heterocycles. The molecule has 0 aliphatic carbocycles. The van der Waals surface area contributed by atoms with Crippen molar-refractivity contribution >= 4 is 23.9 Å². The fourth-order valence-electron chi connectivity index (χ4n) is 3.48. The van der Waals surface area contributed by atoms with Crippen molar-refractivity contribution < 1.29 is 39.6 Å². The number of rotatable bonds is 8. The molecule has 4 N–H and O–H groups in total. The van der Waals surface area contributed by atoms with Gasteiger partial charge >= 0.3 is 23.9 Å². The smallest absolute Gasteiger partial charge is 0.320 e. The Morgan fingerprint density at radius 1 is 0.581 bits per heavy atom. The molecule has 31 heavy (non-hydrogen) atoms. The topological polar surface area (TPSA) is 162 Å². The van der Waals surface area contributed by atoms with Crippen LogP contribution in [0.3, 0.4) is 0 Å². The second kappa shape index (κ2) is 12.5. The Kier molecular flexibility index (Phi) is 10.8. The maximum atomic E-state index is 11.5. The number of hydrogen-bond donors (Lipinski definition) is 4. The first-order valence-electron chi connectivity index (χ1n) is 10.3. The summed E-state index contributed by atoms with van der Waals surface area (Å²) in [6.45, 7) is 6.62. The second-order valence-corrected chi connectivity index (χ2v) is 7.82. The largest absolute Gasteiger partial charge is 0.480 e. The Balaban J connectivity index is 3.14. The Hall–Kier alpha value is -2.28. The van der Waals surface area contributed by atoms with Crippen LogP contribution in [0.5, 0.6) is 0 Å². The lowest BCUT2D eigenvalue weighted by atomic mass is 10.2. The third-order valence-electron chi connectivity index (χ3n) is 5.83. The molecule has 1 fully saturated rings. The molecule has 0 radical (unpaired) electrons. The summed E-state index contributed by atoms with van der Waals surface area (Å²) < 4.78 is 0. The summed E-state index contributed by atoms with van der Waals surface area (Å²) >= 11 is 0. The number of carboxylic acids is 4. The molecule has 0 spiro atoms. The highest BCUT2D eigenvalue weighted by atomic mass is 16.4. The molecule has 0 bridgehead atoms. The SMILES string of the molecule is CC(C(=O)O)N1CCN(CC(=O)O)CCN(C(C)C(=O)O)CCN(C(C)C(=O)O)CC1. The van der Waals surface area contributed by atoms with E-state index in [2.05, 4.69) is 0 Å². The van der Waals surface area contributed by atoms with Crippen LogP contribution < -0.4 is 0 Å². The van der Waals surface area contributed by atoms with Gasteiger partial charge in [0.1, 0.15) is 18.1 Å². The maximum Gasteiger partial charge on any atom is 0.320 e. The third-order valence-corrected chi connectivity index (χ3v) is 5.83. The lowest BCUT2D eigenvalue weighted by molar-refractivity contribution is -0.146. The highest BCUT2D eigenvalue weighted by molar-refractivity contribution is 5.74. The molecule has 178 valence electrons. The van der Waals surface area contributed by atoms with Crippen LogP contribution in [0.4, 0.5) is 0 Å². The van der Waals surface area contributed by atoms with Crippen LogP contribution >= 0.6 is 0 Å². The normalized spacial score (nSPS) is 21.9. The molecule has 0 saturated carbocycles. The maximum absolute atomic E-state index is 11.5. The molecule has 0 aromatic heterocycles. The van der Waals surface area contributed by atoms with E-state index >= 15 is 0 Å². The molecule has 1 heterocycles. The molecular weight excluding hydrogens is 412 g/mol. The van der Waals surface area contributed by atoms with E-state index in [4.69, 9.17) is 0 Å². The fraction of sp³-hybridized carbons (Fsp3) is 0.789. The standard InChI is InChI=1S/C19H34N4O8/c1-13(17(26)27)21-6-4-20(12-16(24)25)5-7-22(14(2)18(28)29)9-11-23(10-8-21)15(3)19(30)31/h13-15H,4-12H2,1-3H3,(H,24,25)(H,26,27)(H,28,29)(H,30,31). The van der Waals surface area contributed by atoms with Gasteiger partial charge in [-0.2, -0.15) is 0 Å². The molecule has 1 saturated heterocycles. The molecule has 12 nitrogen and oxygen atoms in total. The van der Waals surface area contributed by atoms with Gasteiger partial charge in [0.05, 0.1) is 6.54 Å². The van der Waals surface area contributed by atoms with Crippen molar-refractivity contribution in [1.82, 2.24) is 19.6 Å². The van der Waals surface area contributed by atoms with E-state index in [9.17, 15) is 39.6 Å². The molecule has 3 atom stereocenters. The van der Waals surface area contributed by atoms with Crippen molar-refractivity contribution in [2.75, 3.05) is 58.9 Å². The van der Waals surface area contributed by atoms with Crippen molar-refractivity contribution in [3.63, 3.8) is 0 Å². The monoisotopic (exact) mass is 446 g/mol. The molecule has 12 heteroatoms. The van der Waals surface area contributed by atoms with Gasteiger partial charge < -0.3 is 20.4 Å². The van der Waals surface area contributed by atoms with Crippen LogP contribution in [-0.4, -0.2) is 141 Å². The summed E-state index contributed by atoms with van der Waals surface area (Å²) in [6, 6.07) is -2.46. The van der Waals surface area contributed by atoms with Gasteiger partial charge in [0, 0.05) is 52.4 Å². The van der Waals surface area contributed by atoms with E-state index in [1.807, 2.05) is 0 Å². The number of carbonyl (C=O) groups is 4. The minimum atomic E-state index is -1.02. The predicted octanol–water partition coefficient (Wildman–Crippen LogP) is -1.29. The Bertz CT molecular complexity index is 610.